The van der Waals surface area contributed by atoms with E-state index >= 15 is 0 Å². The lowest BCUT2D eigenvalue weighted by atomic mass is 10.0. The summed E-state index contributed by atoms with van der Waals surface area (Å²) in [5.41, 5.74) is 7.07. The van der Waals surface area contributed by atoms with Crippen molar-refractivity contribution in [1.29, 1.82) is 0 Å². The largest absolute Gasteiger partial charge is 0.497 e. The van der Waals surface area contributed by atoms with Gasteiger partial charge in [-0.25, -0.2) is 0 Å². The third-order valence-electron chi connectivity index (χ3n) is 5.68. The van der Waals surface area contributed by atoms with Crippen LogP contribution >= 0.6 is 0 Å². The van der Waals surface area contributed by atoms with Gasteiger partial charge in [0, 0.05) is 17.3 Å². The Morgan fingerprint density at radius 1 is 0.516 bits per heavy atom. The van der Waals surface area contributed by atoms with Gasteiger partial charge >= 0.3 is 0 Å². The van der Waals surface area contributed by atoms with Crippen molar-refractivity contribution in [3.05, 3.63) is 103 Å². The van der Waals surface area contributed by atoms with Crippen molar-refractivity contribution in [3.8, 4) is 39.4 Å². The van der Waals surface area contributed by atoms with E-state index in [9.17, 15) is 0 Å². The van der Waals surface area contributed by atoms with Crippen molar-refractivity contribution in [2.75, 3.05) is 14.2 Å². The average Bonchev–Trinajstić information content (AvgIpc) is 3.27. The highest BCUT2D eigenvalue weighted by atomic mass is 16.5. The normalized spacial score (nSPS) is 10.9. The molecule has 31 heavy (non-hydrogen) atoms. The van der Waals surface area contributed by atoms with E-state index in [0.717, 1.165) is 17.2 Å². The summed E-state index contributed by atoms with van der Waals surface area (Å²) < 4.78 is 12.7. The van der Waals surface area contributed by atoms with Crippen LogP contribution < -0.4 is 9.47 Å². The van der Waals surface area contributed by atoms with Crippen molar-refractivity contribution >= 4 is 10.9 Å². The van der Waals surface area contributed by atoms with E-state index in [1.165, 1.54) is 33.2 Å². The quantitative estimate of drug-likeness (QED) is 0.315. The van der Waals surface area contributed by atoms with Gasteiger partial charge in [0.2, 0.25) is 0 Å². The van der Waals surface area contributed by atoms with Crippen LogP contribution in [0.2, 0.25) is 0 Å². The molecule has 0 N–H and O–H groups in total. The standard InChI is InChI=1S/C28H23NO2/c1-30-26-12-5-21(6-13-26)20-3-10-25(11-4-20)29-18-17-24-19-23(9-16-28(24)29)22-7-14-27(31-2)15-8-22/h3-19H,1-2H3. The SMILES string of the molecule is COc1ccc(-c2ccc(-n3ccc4cc(-c5ccc(OC)cc5)ccc43)cc2)cc1. The van der Waals surface area contributed by atoms with Gasteiger partial charge in [0.25, 0.3) is 0 Å². The molecule has 0 fully saturated rings. The highest BCUT2D eigenvalue weighted by Gasteiger charge is 2.07. The maximum absolute atomic E-state index is 5.27. The van der Waals surface area contributed by atoms with Crippen LogP contribution in [0.5, 0.6) is 11.5 Å². The van der Waals surface area contributed by atoms with Crippen LogP contribution in [-0.2, 0) is 0 Å². The maximum atomic E-state index is 5.27. The fourth-order valence-electron chi connectivity index (χ4n) is 3.93. The van der Waals surface area contributed by atoms with E-state index in [1.807, 2.05) is 24.3 Å². The molecule has 0 saturated heterocycles. The van der Waals surface area contributed by atoms with Gasteiger partial charge in [-0.1, -0.05) is 42.5 Å². The Morgan fingerprint density at radius 2 is 1.00 bits per heavy atom. The number of rotatable bonds is 5. The molecule has 152 valence electrons. The molecule has 0 unspecified atom stereocenters. The van der Waals surface area contributed by atoms with Crippen molar-refractivity contribution in [3.63, 3.8) is 0 Å². The van der Waals surface area contributed by atoms with Crippen LogP contribution in [0.4, 0.5) is 0 Å². The molecule has 5 aromatic rings. The number of methoxy groups -OCH3 is 2. The third kappa shape index (κ3) is 3.66. The van der Waals surface area contributed by atoms with E-state index in [4.69, 9.17) is 9.47 Å². The topological polar surface area (TPSA) is 23.4 Å². The molecule has 0 atom stereocenters. The Bertz CT molecular complexity index is 1310. The molecule has 3 heteroatoms. The first-order valence-electron chi connectivity index (χ1n) is 10.3. The average molecular weight is 405 g/mol. The molecule has 4 aromatic carbocycles. The van der Waals surface area contributed by atoms with E-state index in [0.29, 0.717) is 0 Å². The number of nitrogens with zero attached hydrogens (tertiary/aromatic N) is 1. The number of aromatic nitrogens is 1. The number of hydrogen-bond acceptors (Lipinski definition) is 2. The van der Waals surface area contributed by atoms with Gasteiger partial charge in [0.1, 0.15) is 11.5 Å². The predicted molar refractivity (Wildman–Crippen MR) is 127 cm³/mol. The summed E-state index contributed by atoms with van der Waals surface area (Å²) in [5.74, 6) is 1.74. The monoisotopic (exact) mass is 405 g/mol. The van der Waals surface area contributed by atoms with Crippen molar-refractivity contribution in [2.45, 2.75) is 0 Å². The zero-order chi connectivity index (χ0) is 21.2. The van der Waals surface area contributed by atoms with E-state index < -0.39 is 0 Å². The molecule has 0 amide bonds. The molecule has 0 bridgehead atoms. The summed E-state index contributed by atoms with van der Waals surface area (Å²) in [4.78, 5) is 0. The lowest BCUT2D eigenvalue weighted by Crippen LogP contribution is -1.92. The zero-order valence-corrected chi connectivity index (χ0v) is 17.6. The second-order valence-electron chi connectivity index (χ2n) is 7.46. The van der Waals surface area contributed by atoms with Crippen LogP contribution in [0.1, 0.15) is 0 Å². The molecule has 5 rings (SSSR count). The van der Waals surface area contributed by atoms with Gasteiger partial charge in [-0.15, -0.1) is 0 Å². The zero-order valence-electron chi connectivity index (χ0n) is 17.6. The molecule has 0 aliphatic carbocycles. The Kier molecular flexibility index (Phi) is 4.93. The molecule has 1 heterocycles. The van der Waals surface area contributed by atoms with Crippen molar-refractivity contribution in [1.82, 2.24) is 4.57 Å². The van der Waals surface area contributed by atoms with Crippen LogP contribution in [0.25, 0.3) is 38.8 Å². The Morgan fingerprint density at radius 3 is 1.55 bits per heavy atom. The van der Waals surface area contributed by atoms with Gasteiger partial charge in [0.15, 0.2) is 0 Å². The molecule has 0 spiro atoms. The molecular weight excluding hydrogens is 382 g/mol. The first kappa shape index (κ1) is 19.0. The summed E-state index contributed by atoms with van der Waals surface area (Å²) >= 11 is 0. The molecule has 0 aliphatic rings. The highest BCUT2D eigenvalue weighted by molar-refractivity contribution is 5.87. The molecule has 3 nitrogen and oxygen atoms in total. The summed E-state index contributed by atoms with van der Waals surface area (Å²) in [6, 6.07) is 33.7. The van der Waals surface area contributed by atoms with Gasteiger partial charge in [-0.3, -0.25) is 0 Å². The minimum absolute atomic E-state index is 0.869. The second kappa shape index (κ2) is 8.04. The molecule has 0 saturated carbocycles. The van der Waals surface area contributed by atoms with Crippen LogP contribution in [0.15, 0.2) is 103 Å². The highest BCUT2D eigenvalue weighted by Crippen LogP contribution is 2.29. The summed E-state index contributed by atoms with van der Waals surface area (Å²) in [6.45, 7) is 0. The Hall–Kier alpha value is -3.98. The molecule has 0 aliphatic heterocycles. The maximum Gasteiger partial charge on any atom is 0.118 e. The number of fused-ring (bicyclic) bond motifs is 1. The number of benzene rings is 4. The van der Waals surface area contributed by atoms with Gasteiger partial charge in [0.05, 0.1) is 19.7 Å². The van der Waals surface area contributed by atoms with Crippen molar-refractivity contribution < 1.29 is 9.47 Å². The first-order chi connectivity index (χ1) is 15.2. The molecule has 1 aromatic heterocycles. The van der Waals surface area contributed by atoms with Crippen LogP contribution in [0.3, 0.4) is 0 Å². The summed E-state index contributed by atoms with van der Waals surface area (Å²) in [7, 11) is 3.37. The molecular formula is C28H23NO2. The minimum Gasteiger partial charge on any atom is -0.497 e. The lowest BCUT2D eigenvalue weighted by molar-refractivity contribution is 0.415. The smallest absolute Gasteiger partial charge is 0.118 e. The van der Waals surface area contributed by atoms with E-state index in [1.54, 1.807) is 14.2 Å². The summed E-state index contributed by atoms with van der Waals surface area (Å²) in [6.07, 6.45) is 2.13. The predicted octanol–water partition coefficient (Wildman–Crippen LogP) is 6.98. The third-order valence-corrected chi connectivity index (χ3v) is 5.68. The van der Waals surface area contributed by atoms with Gasteiger partial charge in [-0.2, -0.15) is 0 Å². The fourth-order valence-corrected chi connectivity index (χ4v) is 3.93. The van der Waals surface area contributed by atoms with Crippen molar-refractivity contribution in [2.24, 2.45) is 0 Å². The van der Waals surface area contributed by atoms with E-state index in [2.05, 4.69) is 83.6 Å². The second-order valence-corrected chi connectivity index (χ2v) is 7.46. The molecule has 0 radical (unpaired) electrons. The minimum atomic E-state index is 0.869. The van der Waals surface area contributed by atoms with Crippen LogP contribution in [-0.4, -0.2) is 18.8 Å². The number of ether oxygens (including phenoxy) is 2. The van der Waals surface area contributed by atoms with Crippen LogP contribution in [0, 0.1) is 0 Å². The van der Waals surface area contributed by atoms with Gasteiger partial charge in [-0.05, 0) is 76.9 Å². The number of hydrogen-bond donors (Lipinski definition) is 0. The van der Waals surface area contributed by atoms with E-state index in [-0.39, 0.29) is 0 Å². The summed E-state index contributed by atoms with van der Waals surface area (Å²) in [5, 5.41) is 1.22. The lowest BCUT2D eigenvalue weighted by Gasteiger charge is -2.09. The fraction of sp³-hybridized carbons (Fsp3) is 0.0714. The Labute approximate surface area is 182 Å². The van der Waals surface area contributed by atoms with Gasteiger partial charge < -0.3 is 14.0 Å². The Balaban J connectivity index is 1.44. The first-order valence-corrected chi connectivity index (χ1v) is 10.3.